The zero-order valence-corrected chi connectivity index (χ0v) is 14.0. The van der Waals surface area contributed by atoms with Gasteiger partial charge in [-0.25, -0.2) is 0 Å². The summed E-state index contributed by atoms with van der Waals surface area (Å²) in [6, 6.07) is 15.4. The molecule has 0 fully saturated rings. The first-order valence-corrected chi connectivity index (χ1v) is 8.03. The topological polar surface area (TPSA) is 53.4 Å². The van der Waals surface area contributed by atoms with Crippen LogP contribution in [0.1, 0.15) is 21.6 Å². The molecule has 138 valence electrons. The number of amides is 1. The Morgan fingerprint density at radius 2 is 1.63 bits per heavy atom. The van der Waals surface area contributed by atoms with Crippen LogP contribution in [-0.4, -0.2) is 16.0 Å². The lowest BCUT2D eigenvalue weighted by Gasteiger charge is -2.23. The molecule has 7 heteroatoms. The number of carbonyl (C=O) groups is 1. The first-order chi connectivity index (χ1) is 12.9. The highest BCUT2D eigenvalue weighted by molar-refractivity contribution is 6.06. The minimum atomic E-state index is -4.48. The molecule has 3 rings (SSSR count). The van der Waals surface area contributed by atoms with E-state index in [2.05, 4.69) is 4.98 Å². The number of anilines is 1. The maximum absolute atomic E-state index is 13.0. The number of aromatic nitrogens is 1. The van der Waals surface area contributed by atoms with Crippen LogP contribution in [-0.2, 0) is 12.7 Å². The summed E-state index contributed by atoms with van der Waals surface area (Å²) >= 11 is 0. The molecule has 0 aliphatic heterocycles. The fourth-order valence-corrected chi connectivity index (χ4v) is 2.57. The van der Waals surface area contributed by atoms with Gasteiger partial charge in [0.25, 0.3) is 5.91 Å². The number of nitrogens with zero attached hydrogens (tertiary/aromatic N) is 2. The van der Waals surface area contributed by atoms with Gasteiger partial charge in [0, 0.05) is 11.8 Å². The highest BCUT2D eigenvalue weighted by Crippen LogP contribution is 2.31. The molecule has 27 heavy (non-hydrogen) atoms. The van der Waals surface area contributed by atoms with Gasteiger partial charge in [0.05, 0.1) is 23.5 Å². The predicted molar refractivity (Wildman–Crippen MR) is 94.3 cm³/mol. The molecule has 1 aromatic heterocycles. The molecule has 0 unspecified atom stereocenters. The Morgan fingerprint density at radius 3 is 2.22 bits per heavy atom. The van der Waals surface area contributed by atoms with Crippen molar-refractivity contribution in [1.82, 2.24) is 4.98 Å². The van der Waals surface area contributed by atoms with Crippen molar-refractivity contribution in [3.8, 4) is 5.75 Å². The zero-order chi connectivity index (χ0) is 19.4. The molecular formula is C20H15F3N2O2. The number of para-hydroxylation sites is 2. The standard InChI is InChI=1S/C20H15F3N2O2/c21-20(22,23)15-10-8-14(9-11-15)19(27)25(13-16-5-3-4-12-24-16)17-6-1-2-7-18(17)26/h1-12,26H,13H2. The van der Waals surface area contributed by atoms with E-state index < -0.39 is 17.6 Å². The van der Waals surface area contributed by atoms with Gasteiger partial charge in [0.1, 0.15) is 5.75 Å². The summed E-state index contributed by atoms with van der Waals surface area (Å²) in [5, 5.41) is 10.1. The van der Waals surface area contributed by atoms with Crippen molar-refractivity contribution < 1.29 is 23.1 Å². The third-order valence-corrected chi connectivity index (χ3v) is 3.92. The monoisotopic (exact) mass is 372 g/mol. The molecule has 1 heterocycles. The minimum absolute atomic E-state index is 0.0538. The van der Waals surface area contributed by atoms with E-state index in [0.29, 0.717) is 5.69 Å². The Morgan fingerprint density at radius 1 is 0.963 bits per heavy atom. The molecule has 1 N–H and O–H groups in total. The van der Waals surface area contributed by atoms with Gasteiger partial charge in [-0.15, -0.1) is 0 Å². The van der Waals surface area contributed by atoms with Crippen LogP contribution in [0, 0.1) is 0 Å². The number of pyridine rings is 1. The van der Waals surface area contributed by atoms with Gasteiger partial charge in [0.2, 0.25) is 0 Å². The molecule has 4 nitrogen and oxygen atoms in total. The second-order valence-corrected chi connectivity index (χ2v) is 5.78. The number of aromatic hydroxyl groups is 1. The van der Waals surface area contributed by atoms with E-state index >= 15 is 0 Å². The second-order valence-electron chi connectivity index (χ2n) is 5.78. The maximum Gasteiger partial charge on any atom is 0.416 e. The second kappa shape index (κ2) is 7.49. The van der Waals surface area contributed by atoms with Crippen molar-refractivity contribution in [3.63, 3.8) is 0 Å². The van der Waals surface area contributed by atoms with Gasteiger partial charge in [0.15, 0.2) is 0 Å². The Bertz CT molecular complexity index is 926. The third kappa shape index (κ3) is 4.25. The van der Waals surface area contributed by atoms with E-state index in [1.54, 1.807) is 42.6 Å². The molecule has 0 saturated carbocycles. The summed E-state index contributed by atoms with van der Waals surface area (Å²) < 4.78 is 38.2. The van der Waals surface area contributed by atoms with Gasteiger partial charge >= 0.3 is 6.18 Å². The summed E-state index contributed by atoms with van der Waals surface area (Å²) in [5.41, 5.74) is 0.0501. The van der Waals surface area contributed by atoms with Crippen LogP contribution in [0.15, 0.2) is 72.9 Å². The Labute approximate surface area is 153 Å². The first-order valence-electron chi connectivity index (χ1n) is 8.03. The fraction of sp³-hybridized carbons (Fsp3) is 0.100. The van der Waals surface area contributed by atoms with E-state index in [4.69, 9.17) is 0 Å². The molecule has 1 amide bonds. The van der Waals surface area contributed by atoms with Gasteiger partial charge in [-0.05, 0) is 48.5 Å². The lowest BCUT2D eigenvalue weighted by Crippen LogP contribution is -2.31. The number of phenolic OH excluding ortho intramolecular Hbond substituents is 1. The third-order valence-electron chi connectivity index (χ3n) is 3.92. The average molecular weight is 372 g/mol. The SMILES string of the molecule is O=C(c1ccc(C(F)(F)F)cc1)N(Cc1ccccn1)c1ccccc1O. The van der Waals surface area contributed by atoms with Crippen molar-refractivity contribution in [1.29, 1.82) is 0 Å². The van der Waals surface area contributed by atoms with Gasteiger partial charge in [-0.2, -0.15) is 13.2 Å². The van der Waals surface area contributed by atoms with Crippen molar-refractivity contribution >= 4 is 11.6 Å². The number of carbonyl (C=O) groups excluding carboxylic acids is 1. The van der Waals surface area contributed by atoms with Crippen LogP contribution in [0.2, 0.25) is 0 Å². The van der Waals surface area contributed by atoms with E-state index in [1.165, 1.54) is 11.0 Å². The Hall–Kier alpha value is -3.35. The van der Waals surface area contributed by atoms with Crippen LogP contribution >= 0.6 is 0 Å². The molecule has 0 saturated heterocycles. The van der Waals surface area contributed by atoms with Crippen molar-refractivity contribution in [2.75, 3.05) is 4.90 Å². The maximum atomic E-state index is 13.0. The molecule has 2 aromatic carbocycles. The molecule has 0 aliphatic rings. The van der Waals surface area contributed by atoms with Gasteiger partial charge < -0.3 is 5.11 Å². The number of benzene rings is 2. The highest BCUT2D eigenvalue weighted by atomic mass is 19.4. The Balaban J connectivity index is 1.97. The number of rotatable bonds is 4. The summed E-state index contributed by atoms with van der Waals surface area (Å²) in [6.45, 7) is 0.0538. The zero-order valence-electron chi connectivity index (χ0n) is 14.0. The van der Waals surface area contributed by atoms with Crippen molar-refractivity contribution in [3.05, 3.63) is 89.7 Å². The molecule has 0 bridgehead atoms. The smallest absolute Gasteiger partial charge is 0.416 e. The van der Waals surface area contributed by atoms with Crippen LogP contribution in [0.25, 0.3) is 0 Å². The summed E-state index contributed by atoms with van der Waals surface area (Å²) in [6.07, 6.45) is -2.91. The van der Waals surface area contributed by atoms with Crippen molar-refractivity contribution in [2.24, 2.45) is 0 Å². The minimum Gasteiger partial charge on any atom is -0.506 e. The highest BCUT2D eigenvalue weighted by Gasteiger charge is 2.30. The van der Waals surface area contributed by atoms with Crippen LogP contribution in [0.3, 0.4) is 0 Å². The molecule has 0 radical (unpaired) electrons. The summed E-state index contributed by atoms with van der Waals surface area (Å²) in [7, 11) is 0. The number of phenols is 1. The number of hydrogen-bond acceptors (Lipinski definition) is 3. The van der Waals surface area contributed by atoms with E-state index in [-0.39, 0.29) is 23.5 Å². The quantitative estimate of drug-likeness (QED) is 0.725. The van der Waals surface area contributed by atoms with Gasteiger partial charge in [-0.3, -0.25) is 14.7 Å². The first kappa shape index (κ1) is 18.4. The lowest BCUT2D eigenvalue weighted by molar-refractivity contribution is -0.137. The molecule has 0 aliphatic carbocycles. The predicted octanol–water partition coefficient (Wildman–Crippen LogP) is 4.65. The summed E-state index contributed by atoms with van der Waals surface area (Å²) in [5.74, 6) is -0.662. The molecule has 0 atom stereocenters. The number of hydrogen-bond donors (Lipinski definition) is 1. The normalized spacial score (nSPS) is 11.2. The van der Waals surface area contributed by atoms with E-state index in [9.17, 15) is 23.1 Å². The van der Waals surface area contributed by atoms with E-state index in [1.807, 2.05) is 0 Å². The average Bonchev–Trinajstić information content (AvgIpc) is 2.66. The molecule has 0 spiro atoms. The molecule has 3 aromatic rings. The fourth-order valence-electron chi connectivity index (χ4n) is 2.57. The van der Waals surface area contributed by atoms with E-state index in [0.717, 1.165) is 24.3 Å². The van der Waals surface area contributed by atoms with Crippen LogP contribution < -0.4 is 4.90 Å². The number of alkyl halides is 3. The number of halogens is 3. The van der Waals surface area contributed by atoms with Crippen molar-refractivity contribution in [2.45, 2.75) is 12.7 Å². The summed E-state index contributed by atoms with van der Waals surface area (Å²) in [4.78, 5) is 18.4. The lowest BCUT2D eigenvalue weighted by atomic mass is 10.1. The van der Waals surface area contributed by atoms with Crippen LogP contribution in [0.4, 0.5) is 18.9 Å². The van der Waals surface area contributed by atoms with Crippen LogP contribution in [0.5, 0.6) is 5.75 Å². The Kier molecular flexibility index (Phi) is 5.12. The molecular weight excluding hydrogens is 357 g/mol. The largest absolute Gasteiger partial charge is 0.506 e. The van der Waals surface area contributed by atoms with Gasteiger partial charge in [-0.1, -0.05) is 18.2 Å².